The van der Waals surface area contributed by atoms with Crippen LogP contribution in [0.4, 0.5) is 17.6 Å². The Morgan fingerprint density at radius 3 is 2.45 bits per heavy atom. The fourth-order valence-electron chi connectivity index (χ4n) is 4.84. The average molecular weight is 561 g/mol. The third-order valence-corrected chi connectivity index (χ3v) is 6.87. The number of nitrogens with one attached hydrogen (secondary N) is 2. The van der Waals surface area contributed by atoms with Crippen LogP contribution in [0.15, 0.2) is 77.6 Å². The number of nitrogens with zero attached hydrogens (tertiary/aromatic N) is 5. The number of carbonyl (C=O) groups is 1. The molecular formula is C32H32N8O2. The number of benzene rings is 2. The van der Waals surface area contributed by atoms with E-state index >= 15 is 0 Å². The van der Waals surface area contributed by atoms with Crippen LogP contribution in [0.2, 0.25) is 0 Å². The van der Waals surface area contributed by atoms with Crippen molar-refractivity contribution < 1.29 is 4.79 Å². The van der Waals surface area contributed by atoms with Crippen LogP contribution in [-0.4, -0.2) is 30.4 Å². The standard InChI is InChI=1S/C32H32N8O2/c1-5-24(30-37-25-15-9-11-19(2)28(25)31(42)40(30)22-13-7-6-8-14-22)36-29-23(21(4)35-32(33)39-29)17-18-27(41)38-26-16-10-12-20(3)34-26/h6-18,24H,5H2,1-4H3,(H,34,38,41)(H3,33,35,36,39)/b18-17+. The number of pyridine rings is 1. The number of rotatable bonds is 8. The van der Waals surface area contributed by atoms with Gasteiger partial charge in [0.15, 0.2) is 0 Å². The van der Waals surface area contributed by atoms with E-state index in [4.69, 9.17) is 10.7 Å². The highest BCUT2D eigenvalue weighted by molar-refractivity contribution is 6.01. The van der Waals surface area contributed by atoms with Crippen molar-refractivity contribution in [2.24, 2.45) is 0 Å². The summed E-state index contributed by atoms with van der Waals surface area (Å²) < 4.78 is 1.64. The molecule has 4 N–H and O–H groups in total. The Kier molecular flexibility index (Phi) is 8.05. The van der Waals surface area contributed by atoms with Gasteiger partial charge in [0.05, 0.1) is 28.3 Å². The predicted octanol–water partition coefficient (Wildman–Crippen LogP) is 5.29. The highest BCUT2D eigenvalue weighted by Gasteiger charge is 2.23. The van der Waals surface area contributed by atoms with Crippen molar-refractivity contribution in [2.75, 3.05) is 16.4 Å². The first kappa shape index (κ1) is 28.2. The minimum atomic E-state index is -0.436. The lowest BCUT2D eigenvalue weighted by Gasteiger charge is -2.23. The van der Waals surface area contributed by atoms with Crippen LogP contribution < -0.4 is 21.9 Å². The van der Waals surface area contributed by atoms with Crippen molar-refractivity contribution in [3.8, 4) is 5.69 Å². The normalized spacial score (nSPS) is 12.0. The molecule has 42 heavy (non-hydrogen) atoms. The summed E-state index contributed by atoms with van der Waals surface area (Å²) in [5.74, 6) is 1.13. The summed E-state index contributed by atoms with van der Waals surface area (Å²) in [7, 11) is 0. The molecule has 3 aromatic heterocycles. The van der Waals surface area contributed by atoms with Crippen molar-refractivity contribution in [3.05, 3.63) is 111 Å². The predicted molar refractivity (Wildman–Crippen MR) is 167 cm³/mol. The molecular weight excluding hydrogens is 528 g/mol. The lowest BCUT2D eigenvalue weighted by atomic mass is 10.1. The second-order valence-electron chi connectivity index (χ2n) is 9.94. The molecule has 5 aromatic rings. The first-order valence-electron chi connectivity index (χ1n) is 13.7. The van der Waals surface area contributed by atoms with Crippen molar-refractivity contribution in [2.45, 2.75) is 40.2 Å². The van der Waals surface area contributed by atoms with Gasteiger partial charge in [0, 0.05) is 17.3 Å². The van der Waals surface area contributed by atoms with Gasteiger partial charge in [0.2, 0.25) is 11.9 Å². The summed E-state index contributed by atoms with van der Waals surface area (Å²) in [4.78, 5) is 44.7. The van der Waals surface area contributed by atoms with Crippen LogP contribution in [-0.2, 0) is 4.79 Å². The first-order valence-corrected chi connectivity index (χ1v) is 13.7. The molecule has 0 saturated heterocycles. The van der Waals surface area contributed by atoms with E-state index in [1.807, 2.05) is 81.4 Å². The van der Waals surface area contributed by atoms with E-state index in [9.17, 15) is 9.59 Å². The second-order valence-corrected chi connectivity index (χ2v) is 9.94. The average Bonchev–Trinajstić information content (AvgIpc) is 2.95. The zero-order chi connectivity index (χ0) is 29.8. The van der Waals surface area contributed by atoms with E-state index in [1.54, 1.807) is 23.6 Å². The van der Waals surface area contributed by atoms with E-state index in [0.717, 1.165) is 11.3 Å². The molecule has 0 radical (unpaired) electrons. The highest BCUT2D eigenvalue weighted by Crippen LogP contribution is 2.28. The maximum absolute atomic E-state index is 14.0. The molecule has 0 spiro atoms. The Bertz CT molecular complexity index is 1870. The third kappa shape index (κ3) is 5.87. The van der Waals surface area contributed by atoms with Gasteiger partial charge in [-0.25, -0.2) is 15.0 Å². The molecule has 0 fully saturated rings. The molecule has 5 rings (SSSR count). The number of nitrogen functional groups attached to an aromatic ring is 1. The van der Waals surface area contributed by atoms with E-state index in [-0.39, 0.29) is 17.4 Å². The zero-order valence-electron chi connectivity index (χ0n) is 23.9. The van der Waals surface area contributed by atoms with Gasteiger partial charge in [0.1, 0.15) is 17.5 Å². The Balaban J connectivity index is 1.56. The van der Waals surface area contributed by atoms with Gasteiger partial charge < -0.3 is 16.4 Å². The summed E-state index contributed by atoms with van der Waals surface area (Å²) in [6, 6.07) is 20.0. The Labute approximate surface area is 243 Å². The summed E-state index contributed by atoms with van der Waals surface area (Å²) >= 11 is 0. The maximum atomic E-state index is 14.0. The van der Waals surface area contributed by atoms with Gasteiger partial charge in [-0.1, -0.05) is 43.3 Å². The molecule has 0 aliphatic heterocycles. The van der Waals surface area contributed by atoms with Crippen molar-refractivity contribution in [1.82, 2.24) is 24.5 Å². The quantitative estimate of drug-likeness (QED) is 0.217. The van der Waals surface area contributed by atoms with Gasteiger partial charge in [0.25, 0.3) is 5.56 Å². The lowest BCUT2D eigenvalue weighted by Crippen LogP contribution is -2.29. The molecule has 1 amide bonds. The van der Waals surface area contributed by atoms with Gasteiger partial charge >= 0.3 is 0 Å². The van der Waals surface area contributed by atoms with Crippen molar-refractivity contribution in [3.63, 3.8) is 0 Å². The number of aryl methyl sites for hydroxylation is 3. The SMILES string of the molecule is CCC(Nc1nc(N)nc(C)c1/C=C/C(=O)Nc1cccc(C)n1)c1nc2cccc(C)c2c(=O)n1-c1ccccc1. The number of anilines is 3. The molecule has 10 heteroatoms. The van der Waals surface area contributed by atoms with E-state index in [1.165, 1.54) is 6.08 Å². The summed E-state index contributed by atoms with van der Waals surface area (Å²) in [5.41, 5.74) is 10.0. The second kappa shape index (κ2) is 12.0. The van der Waals surface area contributed by atoms with Crippen LogP contribution in [0.25, 0.3) is 22.7 Å². The zero-order valence-corrected chi connectivity index (χ0v) is 23.9. The van der Waals surface area contributed by atoms with Gasteiger partial charge in [-0.3, -0.25) is 14.2 Å². The number of aromatic nitrogens is 5. The number of hydrogen-bond donors (Lipinski definition) is 3. The van der Waals surface area contributed by atoms with E-state index < -0.39 is 6.04 Å². The fraction of sp³-hybridized carbons (Fsp3) is 0.188. The Morgan fingerprint density at radius 2 is 1.71 bits per heavy atom. The van der Waals surface area contributed by atoms with Gasteiger partial charge in [-0.05, 0) is 69.2 Å². The number of hydrogen-bond acceptors (Lipinski definition) is 8. The molecule has 0 aliphatic rings. The molecule has 10 nitrogen and oxygen atoms in total. The van der Waals surface area contributed by atoms with Gasteiger partial charge in [-0.2, -0.15) is 4.98 Å². The summed E-state index contributed by atoms with van der Waals surface area (Å²) in [6.07, 6.45) is 3.60. The summed E-state index contributed by atoms with van der Waals surface area (Å²) in [5, 5.41) is 6.78. The van der Waals surface area contributed by atoms with Crippen LogP contribution in [0.3, 0.4) is 0 Å². The molecule has 0 saturated carbocycles. The number of carbonyl (C=O) groups excluding carboxylic acids is 1. The molecule has 3 heterocycles. The molecule has 1 atom stereocenters. The molecule has 0 bridgehead atoms. The van der Waals surface area contributed by atoms with Crippen molar-refractivity contribution in [1.29, 1.82) is 0 Å². The minimum Gasteiger partial charge on any atom is -0.368 e. The number of para-hydroxylation sites is 1. The van der Waals surface area contributed by atoms with E-state index in [0.29, 0.717) is 51.7 Å². The van der Waals surface area contributed by atoms with Crippen LogP contribution >= 0.6 is 0 Å². The first-order chi connectivity index (χ1) is 20.2. The van der Waals surface area contributed by atoms with Crippen molar-refractivity contribution >= 4 is 40.5 Å². The molecule has 212 valence electrons. The van der Waals surface area contributed by atoms with Gasteiger partial charge in [-0.15, -0.1) is 0 Å². The monoisotopic (exact) mass is 560 g/mol. The molecule has 1 unspecified atom stereocenters. The number of fused-ring (bicyclic) bond motifs is 1. The van der Waals surface area contributed by atoms with Crippen LogP contribution in [0, 0.1) is 20.8 Å². The summed E-state index contributed by atoms with van der Waals surface area (Å²) in [6.45, 7) is 7.55. The Hall–Kier alpha value is -5.38. The maximum Gasteiger partial charge on any atom is 0.266 e. The van der Waals surface area contributed by atoms with E-state index in [2.05, 4.69) is 25.6 Å². The number of nitrogens with two attached hydrogens (primary N) is 1. The largest absolute Gasteiger partial charge is 0.368 e. The molecule has 0 aliphatic carbocycles. The lowest BCUT2D eigenvalue weighted by molar-refractivity contribution is -0.111. The number of amides is 1. The fourth-order valence-corrected chi connectivity index (χ4v) is 4.84. The third-order valence-electron chi connectivity index (χ3n) is 6.87. The minimum absolute atomic E-state index is 0.0814. The molecule has 2 aromatic carbocycles. The van der Waals surface area contributed by atoms with Crippen LogP contribution in [0.5, 0.6) is 0 Å². The Morgan fingerprint density at radius 1 is 0.952 bits per heavy atom. The topological polar surface area (TPSA) is 141 Å². The smallest absolute Gasteiger partial charge is 0.266 e. The highest BCUT2D eigenvalue weighted by atomic mass is 16.1. The van der Waals surface area contributed by atoms with Crippen LogP contribution in [0.1, 0.15) is 47.7 Å².